The molecule has 2 aromatic carbocycles. The summed E-state index contributed by atoms with van der Waals surface area (Å²) >= 11 is 0. The van der Waals surface area contributed by atoms with Gasteiger partial charge in [0.2, 0.25) is 10.0 Å². The Morgan fingerprint density at radius 1 is 1.19 bits per heavy atom. The van der Waals surface area contributed by atoms with Crippen molar-refractivity contribution in [1.29, 1.82) is 0 Å². The van der Waals surface area contributed by atoms with E-state index in [0.717, 1.165) is 0 Å². The van der Waals surface area contributed by atoms with Crippen LogP contribution in [0.2, 0.25) is 0 Å². The number of benzene rings is 2. The normalized spacial score (nSPS) is 17.6. The molecule has 1 amide bonds. The van der Waals surface area contributed by atoms with Crippen molar-refractivity contribution in [3.63, 3.8) is 0 Å². The van der Waals surface area contributed by atoms with Gasteiger partial charge >= 0.3 is 0 Å². The van der Waals surface area contributed by atoms with Crippen LogP contribution in [0.25, 0.3) is 0 Å². The monoisotopic (exact) mass is 392 g/mol. The zero-order valence-corrected chi connectivity index (χ0v) is 15.7. The van der Waals surface area contributed by atoms with E-state index in [0.29, 0.717) is 36.6 Å². The lowest BCUT2D eigenvalue weighted by Crippen LogP contribution is -2.47. The van der Waals surface area contributed by atoms with Gasteiger partial charge in [-0.15, -0.1) is 0 Å². The first-order valence-electron chi connectivity index (χ1n) is 8.58. The largest absolute Gasteiger partial charge is 0.377 e. The average Bonchev–Trinajstić information content (AvgIpc) is 2.63. The van der Waals surface area contributed by atoms with Crippen LogP contribution < -0.4 is 4.72 Å². The minimum atomic E-state index is -3.65. The number of ether oxygens (including phenoxy) is 1. The minimum Gasteiger partial charge on any atom is -0.377 e. The molecule has 1 saturated heterocycles. The summed E-state index contributed by atoms with van der Waals surface area (Å²) in [5.41, 5.74) is 1.34. The molecule has 0 bridgehead atoms. The van der Waals surface area contributed by atoms with E-state index in [1.54, 1.807) is 29.2 Å². The van der Waals surface area contributed by atoms with E-state index in [-0.39, 0.29) is 17.7 Å². The van der Waals surface area contributed by atoms with Crippen molar-refractivity contribution in [1.82, 2.24) is 4.90 Å². The fourth-order valence-corrected chi connectivity index (χ4v) is 4.09. The van der Waals surface area contributed by atoms with E-state index in [9.17, 15) is 17.6 Å². The molecule has 1 aliphatic heterocycles. The second-order valence-electron chi connectivity index (χ2n) is 6.49. The van der Waals surface area contributed by atoms with Gasteiger partial charge in [-0.25, -0.2) is 12.8 Å². The lowest BCUT2D eigenvalue weighted by atomic mass is 10.1. The molecule has 0 aromatic heterocycles. The number of amides is 1. The van der Waals surface area contributed by atoms with Gasteiger partial charge in [-0.2, -0.15) is 0 Å². The molecule has 1 N–H and O–H groups in total. The Morgan fingerprint density at radius 2 is 1.85 bits per heavy atom. The number of nitrogens with zero attached hydrogens (tertiary/aromatic N) is 1. The van der Waals surface area contributed by atoms with E-state index in [4.69, 9.17) is 4.74 Å². The molecule has 6 nitrogen and oxygen atoms in total. The van der Waals surface area contributed by atoms with Gasteiger partial charge in [-0.05, 0) is 48.9 Å². The van der Waals surface area contributed by atoms with E-state index < -0.39 is 15.8 Å². The molecule has 27 heavy (non-hydrogen) atoms. The van der Waals surface area contributed by atoms with E-state index in [1.165, 1.54) is 24.3 Å². The third-order valence-electron chi connectivity index (χ3n) is 4.30. The van der Waals surface area contributed by atoms with E-state index in [2.05, 4.69) is 4.72 Å². The Labute approximate surface area is 158 Å². The van der Waals surface area contributed by atoms with E-state index >= 15 is 0 Å². The predicted molar refractivity (Wildman–Crippen MR) is 100 cm³/mol. The Kier molecular flexibility index (Phi) is 5.76. The zero-order chi connectivity index (χ0) is 19.4. The highest BCUT2D eigenvalue weighted by atomic mass is 32.2. The Bertz CT molecular complexity index is 898. The SMILES string of the molecule is C[C@H]1COCCN1C(=O)c1ccc(NS(=O)(=O)Cc2ccc(F)cc2)cc1. The molecule has 2 aromatic rings. The third-order valence-corrected chi connectivity index (χ3v) is 5.56. The van der Waals surface area contributed by atoms with Crippen molar-refractivity contribution in [2.75, 3.05) is 24.5 Å². The standard InChI is InChI=1S/C19H21FN2O4S/c1-14-12-26-11-10-22(14)19(23)16-4-8-18(9-5-16)21-27(24,25)13-15-2-6-17(20)7-3-15/h2-9,14,21H,10-13H2,1H3/t14-/m0/s1. The van der Waals surface area contributed by atoms with Gasteiger partial charge in [-0.1, -0.05) is 12.1 Å². The number of rotatable bonds is 5. The molecule has 144 valence electrons. The molecule has 1 atom stereocenters. The van der Waals surface area contributed by atoms with Crippen LogP contribution in [0.1, 0.15) is 22.8 Å². The van der Waals surface area contributed by atoms with Crippen molar-refractivity contribution in [2.45, 2.75) is 18.7 Å². The minimum absolute atomic E-state index is 0.000128. The van der Waals surface area contributed by atoms with Crippen molar-refractivity contribution in [2.24, 2.45) is 0 Å². The van der Waals surface area contributed by atoms with Crippen molar-refractivity contribution < 1.29 is 22.3 Å². The van der Waals surface area contributed by atoms with E-state index in [1.807, 2.05) is 6.92 Å². The fraction of sp³-hybridized carbons (Fsp3) is 0.316. The molecular weight excluding hydrogens is 371 g/mol. The van der Waals surface area contributed by atoms with Crippen LogP contribution in [0.5, 0.6) is 0 Å². The Morgan fingerprint density at radius 3 is 2.48 bits per heavy atom. The zero-order valence-electron chi connectivity index (χ0n) is 14.9. The predicted octanol–water partition coefficient (Wildman–Crippen LogP) is 2.63. The van der Waals surface area contributed by atoms with Gasteiger partial charge in [-0.3, -0.25) is 9.52 Å². The van der Waals surface area contributed by atoms with Crippen molar-refractivity contribution >= 4 is 21.6 Å². The third kappa shape index (κ3) is 5.05. The first-order chi connectivity index (χ1) is 12.8. The van der Waals surface area contributed by atoms with Crippen LogP contribution >= 0.6 is 0 Å². The van der Waals surface area contributed by atoms with Gasteiger partial charge in [0.25, 0.3) is 5.91 Å². The molecule has 0 saturated carbocycles. The summed E-state index contributed by atoms with van der Waals surface area (Å²) in [6.07, 6.45) is 0. The summed E-state index contributed by atoms with van der Waals surface area (Å²) in [5.74, 6) is -0.787. The first kappa shape index (κ1) is 19.3. The maximum atomic E-state index is 12.9. The fourth-order valence-electron chi connectivity index (χ4n) is 2.89. The van der Waals surface area contributed by atoms with Gasteiger partial charge < -0.3 is 9.64 Å². The number of halogens is 1. The summed E-state index contributed by atoms with van der Waals surface area (Å²) in [6, 6.07) is 11.6. The van der Waals surface area contributed by atoms with Crippen molar-refractivity contribution in [3.8, 4) is 0 Å². The number of hydrogen-bond acceptors (Lipinski definition) is 4. The van der Waals surface area contributed by atoms with Gasteiger partial charge in [0.05, 0.1) is 25.0 Å². The first-order valence-corrected chi connectivity index (χ1v) is 10.2. The highest BCUT2D eigenvalue weighted by Gasteiger charge is 2.24. The van der Waals surface area contributed by atoms with Crippen LogP contribution in [0.4, 0.5) is 10.1 Å². The number of sulfonamides is 1. The van der Waals surface area contributed by atoms with Crippen LogP contribution in [-0.2, 0) is 20.5 Å². The molecule has 0 unspecified atom stereocenters. The lowest BCUT2D eigenvalue weighted by Gasteiger charge is -2.33. The van der Waals surface area contributed by atoms with Crippen LogP contribution in [0.3, 0.4) is 0 Å². The number of hydrogen-bond donors (Lipinski definition) is 1. The molecule has 1 aliphatic rings. The molecule has 0 spiro atoms. The maximum absolute atomic E-state index is 12.9. The molecule has 8 heteroatoms. The van der Waals surface area contributed by atoms with Gasteiger partial charge in [0.15, 0.2) is 0 Å². The van der Waals surface area contributed by atoms with Crippen LogP contribution in [0.15, 0.2) is 48.5 Å². The second-order valence-corrected chi connectivity index (χ2v) is 8.21. The quantitative estimate of drug-likeness (QED) is 0.849. The second kappa shape index (κ2) is 8.06. The number of nitrogens with one attached hydrogen (secondary N) is 1. The molecule has 1 fully saturated rings. The summed E-state index contributed by atoms with van der Waals surface area (Å²) in [6.45, 7) is 3.48. The summed E-state index contributed by atoms with van der Waals surface area (Å²) in [7, 11) is -3.65. The topological polar surface area (TPSA) is 75.7 Å². The highest BCUT2D eigenvalue weighted by Crippen LogP contribution is 2.17. The summed E-state index contributed by atoms with van der Waals surface area (Å²) in [4.78, 5) is 14.3. The summed E-state index contributed by atoms with van der Waals surface area (Å²) < 4.78 is 45.3. The Hall–Kier alpha value is -2.45. The summed E-state index contributed by atoms with van der Waals surface area (Å²) in [5, 5.41) is 0. The van der Waals surface area contributed by atoms with Crippen LogP contribution in [-0.4, -0.2) is 45.0 Å². The lowest BCUT2D eigenvalue weighted by molar-refractivity contribution is 0.00359. The maximum Gasteiger partial charge on any atom is 0.254 e. The molecule has 0 aliphatic carbocycles. The Balaban J connectivity index is 1.66. The highest BCUT2D eigenvalue weighted by molar-refractivity contribution is 7.91. The molecular formula is C19H21FN2O4S. The molecule has 3 rings (SSSR count). The molecule has 1 heterocycles. The van der Waals surface area contributed by atoms with Gasteiger partial charge in [0.1, 0.15) is 5.82 Å². The number of carbonyl (C=O) groups excluding carboxylic acids is 1. The number of anilines is 1. The average molecular weight is 392 g/mol. The smallest absolute Gasteiger partial charge is 0.254 e. The number of morpholine rings is 1. The number of carbonyl (C=O) groups is 1. The van der Waals surface area contributed by atoms with Gasteiger partial charge in [0, 0.05) is 17.8 Å². The molecule has 0 radical (unpaired) electrons. The van der Waals surface area contributed by atoms with Crippen LogP contribution in [0, 0.1) is 5.82 Å². The van der Waals surface area contributed by atoms with Crippen molar-refractivity contribution in [3.05, 3.63) is 65.5 Å².